The van der Waals surface area contributed by atoms with E-state index in [1.165, 1.54) is 11.8 Å². The number of halogens is 1. The molecule has 0 spiro atoms. The number of benzene rings is 2. The van der Waals surface area contributed by atoms with Crippen molar-refractivity contribution in [1.29, 1.82) is 5.26 Å². The maximum Gasteiger partial charge on any atom is 0.254 e. The van der Waals surface area contributed by atoms with Gasteiger partial charge in [-0.25, -0.2) is 4.99 Å². The van der Waals surface area contributed by atoms with E-state index < -0.39 is 11.8 Å². The van der Waals surface area contributed by atoms with Crippen molar-refractivity contribution in [3.8, 4) is 6.07 Å². The first-order valence-corrected chi connectivity index (χ1v) is 10.4. The summed E-state index contributed by atoms with van der Waals surface area (Å²) < 4.78 is 0. The molecule has 4 nitrogen and oxygen atoms in total. The Morgan fingerprint density at radius 2 is 1.86 bits per heavy atom. The standard InChI is InChI=1S/C22H20ClN3OS/c1-13-8-4-7-11-18(13)26-21(27)19-14(2)25-22(28-3)16(12-24)20(19)15-9-5-6-10-17(15)23/h4-11,16,20H,1-3H3,(H,26,27). The Labute approximate surface area is 174 Å². The summed E-state index contributed by atoms with van der Waals surface area (Å²) in [5.41, 5.74) is 3.53. The number of thioether (sulfide) groups is 1. The topological polar surface area (TPSA) is 65.2 Å². The van der Waals surface area contributed by atoms with Gasteiger partial charge in [0.1, 0.15) is 5.92 Å². The summed E-state index contributed by atoms with van der Waals surface area (Å²) in [5, 5.41) is 14.1. The van der Waals surface area contributed by atoms with Crippen LogP contribution in [-0.4, -0.2) is 17.2 Å². The van der Waals surface area contributed by atoms with Gasteiger partial charge in [0.05, 0.1) is 11.1 Å². The number of carbonyl (C=O) groups is 1. The SMILES string of the molecule is CSC1=NC(C)=C(C(=O)Nc2ccccc2C)C(c2ccccc2Cl)C1C#N. The third kappa shape index (κ3) is 3.84. The quantitative estimate of drug-likeness (QED) is 0.721. The summed E-state index contributed by atoms with van der Waals surface area (Å²) in [5.74, 6) is -1.32. The van der Waals surface area contributed by atoms with Gasteiger partial charge in [-0.1, -0.05) is 48.0 Å². The molecular formula is C22H20ClN3OS. The number of rotatable bonds is 3. The molecule has 0 aliphatic carbocycles. The fourth-order valence-corrected chi connectivity index (χ4v) is 4.33. The van der Waals surface area contributed by atoms with E-state index in [2.05, 4.69) is 16.4 Å². The van der Waals surface area contributed by atoms with Crippen LogP contribution in [-0.2, 0) is 4.79 Å². The van der Waals surface area contributed by atoms with E-state index in [4.69, 9.17) is 11.6 Å². The summed E-state index contributed by atoms with van der Waals surface area (Å²) in [4.78, 5) is 17.8. The lowest BCUT2D eigenvalue weighted by Crippen LogP contribution is -2.31. The number of para-hydroxylation sites is 1. The number of aryl methyl sites for hydroxylation is 1. The molecule has 1 N–H and O–H groups in total. The Hall–Kier alpha value is -2.55. The van der Waals surface area contributed by atoms with Crippen LogP contribution in [0.1, 0.15) is 24.0 Å². The number of carbonyl (C=O) groups excluding carboxylic acids is 1. The van der Waals surface area contributed by atoms with E-state index >= 15 is 0 Å². The van der Waals surface area contributed by atoms with E-state index in [9.17, 15) is 10.1 Å². The van der Waals surface area contributed by atoms with Crippen molar-refractivity contribution < 1.29 is 4.79 Å². The number of hydrogen-bond donors (Lipinski definition) is 1. The van der Waals surface area contributed by atoms with Crippen LogP contribution in [0.2, 0.25) is 5.02 Å². The molecule has 2 unspecified atom stereocenters. The molecule has 2 aromatic rings. The number of anilines is 1. The number of nitrogens with one attached hydrogen (secondary N) is 1. The van der Waals surface area contributed by atoms with Crippen molar-refractivity contribution in [3.63, 3.8) is 0 Å². The molecule has 3 rings (SSSR count). The largest absolute Gasteiger partial charge is 0.322 e. The highest BCUT2D eigenvalue weighted by atomic mass is 35.5. The number of hydrogen-bond acceptors (Lipinski definition) is 4. The van der Waals surface area contributed by atoms with Gasteiger partial charge in [-0.2, -0.15) is 5.26 Å². The maximum atomic E-state index is 13.3. The molecule has 1 amide bonds. The van der Waals surface area contributed by atoms with Gasteiger partial charge in [0, 0.05) is 27.9 Å². The van der Waals surface area contributed by atoms with E-state index in [1.54, 1.807) is 13.0 Å². The van der Waals surface area contributed by atoms with Crippen LogP contribution in [0, 0.1) is 24.2 Å². The number of nitrogens with zero attached hydrogens (tertiary/aromatic N) is 2. The predicted molar refractivity (Wildman–Crippen MR) is 117 cm³/mol. The Kier molecular flexibility index (Phi) is 6.23. The molecule has 2 atom stereocenters. The molecule has 1 heterocycles. The van der Waals surface area contributed by atoms with Crippen LogP contribution in [0.15, 0.2) is 64.8 Å². The monoisotopic (exact) mass is 409 g/mol. The molecule has 0 saturated heterocycles. The Bertz CT molecular complexity index is 1020. The number of amides is 1. The highest BCUT2D eigenvalue weighted by Gasteiger charge is 2.39. The first-order valence-electron chi connectivity index (χ1n) is 8.82. The van der Waals surface area contributed by atoms with Gasteiger partial charge in [-0.3, -0.25) is 4.79 Å². The normalized spacial score (nSPS) is 19.0. The molecule has 1 aliphatic rings. The zero-order valence-corrected chi connectivity index (χ0v) is 17.4. The Balaban J connectivity index is 2.12. The van der Waals surface area contributed by atoms with E-state index in [0.29, 0.717) is 21.3 Å². The Morgan fingerprint density at radius 1 is 1.18 bits per heavy atom. The number of aliphatic imine (C=N–C) groups is 1. The first kappa shape index (κ1) is 20.2. The molecule has 142 valence electrons. The van der Waals surface area contributed by atoms with Crippen LogP contribution in [0.4, 0.5) is 5.69 Å². The van der Waals surface area contributed by atoms with Gasteiger partial charge in [0.15, 0.2) is 0 Å². The highest BCUT2D eigenvalue weighted by Crippen LogP contribution is 2.43. The van der Waals surface area contributed by atoms with E-state index in [1.807, 2.05) is 55.6 Å². The summed E-state index contributed by atoms with van der Waals surface area (Å²) >= 11 is 7.89. The third-order valence-electron chi connectivity index (χ3n) is 4.80. The van der Waals surface area contributed by atoms with Crippen molar-refractivity contribution in [1.82, 2.24) is 0 Å². The summed E-state index contributed by atoms with van der Waals surface area (Å²) in [7, 11) is 0. The summed E-state index contributed by atoms with van der Waals surface area (Å²) in [6.45, 7) is 3.74. The molecule has 0 saturated carbocycles. The molecule has 0 bridgehead atoms. The summed E-state index contributed by atoms with van der Waals surface area (Å²) in [6.07, 6.45) is 1.89. The van der Waals surface area contributed by atoms with Crippen molar-refractivity contribution >= 4 is 40.0 Å². The minimum atomic E-state index is -0.573. The molecule has 6 heteroatoms. The van der Waals surface area contributed by atoms with Crippen LogP contribution in [0.3, 0.4) is 0 Å². The van der Waals surface area contributed by atoms with Crippen LogP contribution in [0.5, 0.6) is 0 Å². The number of nitriles is 1. The van der Waals surface area contributed by atoms with Crippen LogP contribution < -0.4 is 5.32 Å². The summed E-state index contributed by atoms with van der Waals surface area (Å²) in [6, 6.07) is 17.3. The fraction of sp³-hybridized carbons (Fsp3) is 0.227. The van der Waals surface area contributed by atoms with Gasteiger partial charge < -0.3 is 5.32 Å². The van der Waals surface area contributed by atoms with Crippen LogP contribution in [0.25, 0.3) is 0 Å². The van der Waals surface area contributed by atoms with Crippen molar-refractivity contribution in [3.05, 3.63) is 76.0 Å². The molecule has 0 aromatic heterocycles. The highest BCUT2D eigenvalue weighted by molar-refractivity contribution is 8.13. The van der Waals surface area contributed by atoms with E-state index in [0.717, 1.165) is 16.8 Å². The predicted octanol–water partition coefficient (Wildman–Crippen LogP) is 5.56. The van der Waals surface area contributed by atoms with E-state index in [-0.39, 0.29) is 5.91 Å². The molecule has 0 radical (unpaired) electrons. The maximum absolute atomic E-state index is 13.3. The lowest BCUT2D eigenvalue weighted by molar-refractivity contribution is -0.113. The molecule has 28 heavy (non-hydrogen) atoms. The van der Waals surface area contributed by atoms with Crippen molar-refractivity contribution in [2.75, 3.05) is 11.6 Å². The lowest BCUT2D eigenvalue weighted by Gasteiger charge is -2.30. The van der Waals surface area contributed by atoms with Crippen molar-refractivity contribution in [2.45, 2.75) is 19.8 Å². The zero-order chi connectivity index (χ0) is 20.3. The molecule has 1 aliphatic heterocycles. The van der Waals surface area contributed by atoms with Gasteiger partial charge in [0.25, 0.3) is 5.91 Å². The minimum absolute atomic E-state index is 0.263. The molecule has 2 aromatic carbocycles. The van der Waals surface area contributed by atoms with Gasteiger partial charge in [0.2, 0.25) is 0 Å². The molecular weight excluding hydrogens is 390 g/mol. The second-order valence-electron chi connectivity index (χ2n) is 6.53. The lowest BCUT2D eigenvalue weighted by atomic mass is 9.78. The smallest absolute Gasteiger partial charge is 0.254 e. The first-order chi connectivity index (χ1) is 13.5. The fourth-order valence-electron chi connectivity index (χ4n) is 3.40. The molecule has 0 fully saturated rings. The number of allylic oxidation sites excluding steroid dienone is 1. The zero-order valence-electron chi connectivity index (χ0n) is 15.9. The van der Waals surface area contributed by atoms with Crippen LogP contribution >= 0.6 is 23.4 Å². The van der Waals surface area contributed by atoms with Gasteiger partial charge >= 0.3 is 0 Å². The average molecular weight is 410 g/mol. The third-order valence-corrected chi connectivity index (χ3v) is 5.91. The average Bonchev–Trinajstić information content (AvgIpc) is 2.69. The minimum Gasteiger partial charge on any atom is -0.322 e. The second-order valence-corrected chi connectivity index (χ2v) is 7.76. The van der Waals surface area contributed by atoms with Gasteiger partial charge in [-0.15, -0.1) is 11.8 Å². The second kappa shape index (κ2) is 8.64. The van der Waals surface area contributed by atoms with Gasteiger partial charge in [-0.05, 0) is 43.4 Å². The van der Waals surface area contributed by atoms with Crippen molar-refractivity contribution in [2.24, 2.45) is 10.9 Å². The Morgan fingerprint density at radius 3 is 2.50 bits per heavy atom.